The van der Waals surface area contributed by atoms with E-state index in [0.717, 1.165) is 24.0 Å². The molecule has 34 heavy (non-hydrogen) atoms. The third kappa shape index (κ3) is 4.27. The molecule has 5 rings (SSSR count). The van der Waals surface area contributed by atoms with Crippen molar-refractivity contribution in [1.82, 2.24) is 10.6 Å². The molecule has 0 saturated heterocycles. The highest BCUT2D eigenvalue weighted by Crippen LogP contribution is 2.46. The molecule has 3 aliphatic carbocycles. The Kier molecular flexibility index (Phi) is 5.58. The molecule has 0 radical (unpaired) electrons. The molecule has 0 aliphatic heterocycles. The first-order chi connectivity index (χ1) is 16.3. The summed E-state index contributed by atoms with van der Waals surface area (Å²) in [6.45, 7) is 2.22. The number of nitrogens with one attached hydrogen (secondary N) is 2. The molecule has 0 aromatic heterocycles. The average Bonchev–Trinajstić information content (AvgIpc) is 3.73. The lowest BCUT2D eigenvalue weighted by Gasteiger charge is -2.30. The number of carboxylic acids is 1. The van der Waals surface area contributed by atoms with Crippen LogP contribution in [0.5, 0.6) is 0 Å². The number of hydrogen-bond acceptors (Lipinski definition) is 4. The Bertz CT molecular complexity index is 1090. The van der Waals surface area contributed by atoms with Crippen LogP contribution in [0.1, 0.15) is 56.1 Å². The fraction of sp³-hybridized carbons (Fsp3) is 0.444. The van der Waals surface area contributed by atoms with Crippen LogP contribution < -0.4 is 10.6 Å². The highest BCUT2D eigenvalue weighted by Gasteiger charge is 2.51. The van der Waals surface area contributed by atoms with Crippen LogP contribution >= 0.6 is 0 Å². The molecule has 2 saturated carbocycles. The summed E-state index contributed by atoms with van der Waals surface area (Å²) in [6, 6.07) is 16.3. The lowest BCUT2D eigenvalue weighted by atomic mass is 9.91. The van der Waals surface area contributed by atoms with Gasteiger partial charge in [-0.15, -0.1) is 0 Å². The quantitative estimate of drug-likeness (QED) is 0.521. The topological polar surface area (TPSA) is 105 Å². The fourth-order valence-electron chi connectivity index (χ4n) is 5.16. The molecule has 1 unspecified atom stereocenters. The van der Waals surface area contributed by atoms with E-state index in [4.69, 9.17) is 4.74 Å². The van der Waals surface area contributed by atoms with Crippen molar-refractivity contribution in [1.29, 1.82) is 0 Å². The molecule has 7 nitrogen and oxygen atoms in total. The lowest BCUT2D eigenvalue weighted by Crippen LogP contribution is -2.51. The Balaban J connectivity index is 1.20. The Morgan fingerprint density at radius 1 is 1.03 bits per heavy atom. The van der Waals surface area contributed by atoms with Gasteiger partial charge in [0.05, 0.1) is 11.0 Å². The van der Waals surface area contributed by atoms with Crippen molar-refractivity contribution in [3.05, 3.63) is 59.7 Å². The third-order valence-corrected chi connectivity index (χ3v) is 7.67. The molecule has 2 fully saturated rings. The van der Waals surface area contributed by atoms with Gasteiger partial charge in [0.15, 0.2) is 0 Å². The smallest absolute Gasteiger partial charge is 0.407 e. The first kappa shape index (κ1) is 22.4. The van der Waals surface area contributed by atoms with E-state index in [1.807, 2.05) is 31.2 Å². The largest absolute Gasteiger partial charge is 0.481 e. The zero-order valence-corrected chi connectivity index (χ0v) is 19.3. The van der Waals surface area contributed by atoms with Gasteiger partial charge in [-0.2, -0.15) is 0 Å². The van der Waals surface area contributed by atoms with E-state index in [2.05, 4.69) is 34.9 Å². The van der Waals surface area contributed by atoms with Crippen molar-refractivity contribution in [3.8, 4) is 11.1 Å². The highest BCUT2D eigenvalue weighted by molar-refractivity contribution is 5.82. The maximum Gasteiger partial charge on any atom is 0.407 e. The summed E-state index contributed by atoms with van der Waals surface area (Å²) in [7, 11) is 0. The molecule has 0 bridgehead atoms. The van der Waals surface area contributed by atoms with Gasteiger partial charge >= 0.3 is 12.1 Å². The van der Waals surface area contributed by atoms with E-state index in [1.165, 1.54) is 11.1 Å². The number of carbonyl (C=O) groups is 3. The Labute approximate surface area is 198 Å². The number of alkyl carbamates (subject to hydrolysis) is 1. The van der Waals surface area contributed by atoms with Crippen LogP contribution in [-0.4, -0.2) is 41.8 Å². The van der Waals surface area contributed by atoms with Crippen LogP contribution in [-0.2, 0) is 14.3 Å². The van der Waals surface area contributed by atoms with Crippen LogP contribution in [0.4, 0.5) is 4.79 Å². The minimum Gasteiger partial charge on any atom is -0.481 e. The number of fused-ring (bicyclic) bond motifs is 3. The second kappa shape index (κ2) is 8.46. The number of carboxylic acid groups (broad SMARTS) is 1. The van der Waals surface area contributed by atoms with Gasteiger partial charge in [0.2, 0.25) is 5.91 Å². The van der Waals surface area contributed by atoms with Crippen LogP contribution in [0.3, 0.4) is 0 Å². The van der Waals surface area contributed by atoms with Crippen LogP contribution in [0.25, 0.3) is 11.1 Å². The molecule has 0 heterocycles. The lowest BCUT2D eigenvalue weighted by molar-refractivity contribution is -0.143. The summed E-state index contributed by atoms with van der Waals surface area (Å²) >= 11 is 0. The van der Waals surface area contributed by atoms with Crippen molar-refractivity contribution in [3.63, 3.8) is 0 Å². The first-order valence-electron chi connectivity index (χ1n) is 11.9. The van der Waals surface area contributed by atoms with Crippen molar-refractivity contribution in [2.75, 3.05) is 13.2 Å². The molecule has 2 aromatic carbocycles. The van der Waals surface area contributed by atoms with Crippen molar-refractivity contribution in [2.45, 2.75) is 50.5 Å². The minimum absolute atomic E-state index is 0.0284. The first-order valence-corrected chi connectivity index (χ1v) is 11.9. The maximum atomic E-state index is 12.8. The number of aliphatic carboxylic acids is 1. The van der Waals surface area contributed by atoms with Gasteiger partial charge in [-0.3, -0.25) is 9.59 Å². The van der Waals surface area contributed by atoms with Gasteiger partial charge in [0.25, 0.3) is 0 Å². The van der Waals surface area contributed by atoms with Gasteiger partial charge in [-0.25, -0.2) is 4.79 Å². The van der Waals surface area contributed by atoms with Crippen molar-refractivity contribution in [2.24, 2.45) is 11.3 Å². The standard InChI is InChI=1S/C27H30N2O5/c1-26(17-10-11-17,14-23(30)28-16-27(12-13-27)24(31)32)29-25(33)34-15-22-20-8-4-2-6-18(20)19-7-3-5-9-21(19)22/h2-9,17,22H,10-16H2,1H3,(H,28,30)(H,29,33)(H,31,32). The van der Waals surface area contributed by atoms with E-state index in [0.29, 0.717) is 12.8 Å². The Morgan fingerprint density at radius 2 is 1.62 bits per heavy atom. The van der Waals surface area contributed by atoms with E-state index in [-0.39, 0.29) is 37.3 Å². The zero-order valence-electron chi connectivity index (χ0n) is 19.3. The zero-order chi connectivity index (χ0) is 23.9. The molecule has 7 heteroatoms. The number of hydrogen-bond donors (Lipinski definition) is 3. The van der Waals surface area contributed by atoms with E-state index in [1.54, 1.807) is 0 Å². The van der Waals surface area contributed by atoms with E-state index < -0.39 is 23.0 Å². The van der Waals surface area contributed by atoms with Gasteiger partial charge < -0.3 is 20.5 Å². The van der Waals surface area contributed by atoms with Gasteiger partial charge in [-0.05, 0) is 60.8 Å². The summed E-state index contributed by atoms with van der Waals surface area (Å²) in [4.78, 5) is 36.8. The molecule has 0 spiro atoms. The summed E-state index contributed by atoms with van der Waals surface area (Å²) in [5.74, 6) is -0.942. The molecule has 3 N–H and O–H groups in total. The number of ether oxygens (including phenoxy) is 1. The minimum atomic E-state index is -0.866. The van der Waals surface area contributed by atoms with E-state index >= 15 is 0 Å². The second-order valence-corrected chi connectivity index (χ2v) is 10.2. The summed E-state index contributed by atoms with van der Waals surface area (Å²) in [6.07, 6.45) is 2.60. The number of benzene rings is 2. The van der Waals surface area contributed by atoms with Gasteiger partial charge in [0.1, 0.15) is 6.61 Å². The van der Waals surface area contributed by atoms with Gasteiger partial charge in [0, 0.05) is 18.9 Å². The van der Waals surface area contributed by atoms with Crippen LogP contribution in [0.15, 0.2) is 48.5 Å². The summed E-state index contributed by atoms with van der Waals surface area (Å²) in [5, 5.41) is 15.0. The third-order valence-electron chi connectivity index (χ3n) is 7.67. The molecule has 3 aliphatic rings. The van der Waals surface area contributed by atoms with Crippen molar-refractivity contribution < 1.29 is 24.2 Å². The highest BCUT2D eigenvalue weighted by atomic mass is 16.5. The maximum absolute atomic E-state index is 12.8. The molecular formula is C27H30N2O5. The monoisotopic (exact) mass is 462 g/mol. The van der Waals surface area contributed by atoms with E-state index in [9.17, 15) is 19.5 Å². The Hall–Kier alpha value is -3.35. The summed E-state index contributed by atoms with van der Waals surface area (Å²) < 4.78 is 5.69. The van der Waals surface area contributed by atoms with Crippen LogP contribution in [0, 0.1) is 11.3 Å². The second-order valence-electron chi connectivity index (χ2n) is 10.2. The number of rotatable bonds is 9. The van der Waals surface area contributed by atoms with Gasteiger partial charge in [-0.1, -0.05) is 48.5 Å². The number of carbonyl (C=O) groups excluding carboxylic acids is 2. The molecule has 2 amide bonds. The molecule has 1 atom stereocenters. The predicted octanol–water partition coefficient (Wildman–Crippen LogP) is 4.06. The predicted molar refractivity (Wildman–Crippen MR) is 126 cm³/mol. The van der Waals surface area contributed by atoms with Crippen LogP contribution in [0.2, 0.25) is 0 Å². The number of amides is 2. The molecule has 178 valence electrons. The average molecular weight is 463 g/mol. The molecular weight excluding hydrogens is 432 g/mol. The normalized spacial score (nSPS) is 19.3. The molecule has 2 aromatic rings. The SMILES string of the molecule is CC(CC(=O)NCC1(C(=O)O)CC1)(NC(=O)OCC1c2ccccc2-c2ccccc21)C1CC1. The fourth-order valence-corrected chi connectivity index (χ4v) is 5.16. The summed E-state index contributed by atoms with van der Waals surface area (Å²) in [5.41, 5.74) is 3.09. The van der Waals surface area contributed by atoms with Crippen molar-refractivity contribution >= 4 is 18.0 Å². The Morgan fingerprint density at radius 3 is 2.15 bits per heavy atom.